The summed E-state index contributed by atoms with van der Waals surface area (Å²) in [5, 5.41) is 0. The molecule has 290 valence electrons. The van der Waals surface area contributed by atoms with Crippen LogP contribution in [-0.4, -0.2) is 37.2 Å². The van der Waals surface area contributed by atoms with Gasteiger partial charge in [0.05, 0.1) is 0 Å². The van der Waals surface area contributed by atoms with E-state index in [1.54, 1.807) is 0 Å². The molecule has 0 radical (unpaired) electrons. The fraction of sp³-hybridized carbons (Fsp3) is 0.930. The second kappa shape index (κ2) is 34.8. The second-order valence-electron chi connectivity index (χ2n) is 16.1. The zero-order chi connectivity index (χ0) is 36.4. The number of unbranched alkanes of at least 4 members (excludes halogenated alkanes) is 19. The number of hydrogen-bond acceptors (Lipinski definition) is 6. The molecule has 0 spiro atoms. The van der Waals surface area contributed by atoms with E-state index in [2.05, 4.69) is 41.5 Å². The van der Waals surface area contributed by atoms with Crippen molar-refractivity contribution >= 4 is 17.9 Å². The molecule has 0 aromatic rings. The molecule has 6 heteroatoms. The van der Waals surface area contributed by atoms with E-state index in [1.165, 1.54) is 103 Å². The van der Waals surface area contributed by atoms with Gasteiger partial charge in [-0.1, -0.05) is 183 Å². The van der Waals surface area contributed by atoms with Crippen molar-refractivity contribution in [3.05, 3.63) is 0 Å². The van der Waals surface area contributed by atoms with Crippen LogP contribution in [0.4, 0.5) is 0 Å². The summed E-state index contributed by atoms with van der Waals surface area (Å²) in [6.45, 7) is 13.5. The van der Waals surface area contributed by atoms with Gasteiger partial charge >= 0.3 is 17.9 Å². The summed E-state index contributed by atoms with van der Waals surface area (Å²) >= 11 is 0. The Bertz CT molecular complexity index is 761. The van der Waals surface area contributed by atoms with Crippen molar-refractivity contribution < 1.29 is 28.6 Å². The van der Waals surface area contributed by atoms with E-state index in [1.807, 2.05) is 0 Å². The van der Waals surface area contributed by atoms with Gasteiger partial charge in [-0.3, -0.25) is 14.4 Å². The molecule has 0 saturated carbocycles. The Morgan fingerprint density at radius 3 is 0.878 bits per heavy atom. The Hall–Kier alpha value is -1.59. The second-order valence-corrected chi connectivity index (χ2v) is 16.1. The van der Waals surface area contributed by atoms with Gasteiger partial charge in [-0.25, -0.2) is 0 Å². The number of esters is 3. The topological polar surface area (TPSA) is 78.9 Å². The molecule has 6 nitrogen and oxygen atoms in total. The predicted molar refractivity (Wildman–Crippen MR) is 206 cm³/mol. The normalized spacial score (nSPS) is 12.2. The van der Waals surface area contributed by atoms with E-state index >= 15 is 0 Å². The average Bonchev–Trinajstić information content (AvgIpc) is 3.04. The van der Waals surface area contributed by atoms with E-state index in [4.69, 9.17) is 14.2 Å². The lowest BCUT2D eigenvalue weighted by Crippen LogP contribution is -2.30. The summed E-state index contributed by atoms with van der Waals surface area (Å²) in [7, 11) is 0. The molecular formula is C43H82O6. The summed E-state index contributed by atoms with van der Waals surface area (Å²) in [6, 6.07) is 0. The Morgan fingerprint density at radius 2 is 0.592 bits per heavy atom. The smallest absolute Gasteiger partial charge is 0.306 e. The van der Waals surface area contributed by atoms with Crippen LogP contribution in [0, 0.1) is 17.8 Å². The van der Waals surface area contributed by atoms with E-state index < -0.39 is 6.10 Å². The summed E-state index contributed by atoms with van der Waals surface area (Å²) in [6.07, 6.45) is 29.7. The fourth-order valence-corrected chi connectivity index (χ4v) is 6.17. The highest BCUT2D eigenvalue weighted by molar-refractivity contribution is 5.71. The van der Waals surface area contributed by atoms with Crippen LogP contribution in [0.25, 0.3) is 0 Å². The monoisotopic (exact) mass is 695 g/mol. The van der Waals surface area contributed by atoms with E-state index in [-0.39, 0.29) is 31.1 Å². The Morgan fingerprint density at radius 1 is 0.347 bits per heavy atom. The molecule has 0 aromatic carbocycles. The van der Waals surface area contributed by atoms with Gasteiger partial charge < -0.3 is 14.2 Å². The molecule has 0 bridgehead atoms. The highest BCUT2D eigenvalue weighted by Crippen LogP contribution is 2.16. The lowest BCUT2D eigenvalue weighted by molar-refractivity contribution is -0.167. The highest BCUT2D eigenvalue weighted by Gasteiger charge is 2.19. The molecule has 0 rings (SSSR count). The maximum Gasteiger partial charge on any atom is 0.306 e. The molecule has 0 saturated heterocycles. The molecule has 0 N–H and O–H groups in total. The van der Waals surface area contributed by atoms with Gasteiger partial charge in [-0.15, -0.1) is 0 Å². The number of rotatable bonds is 36. The predicted octanol–water partition coefficient (Wildman–Crippen LogP) is 12.9. The van der Waals surface area contributed by atoms with Crippen LogP contribution in [0.3, 0.4) is 0 Å². The first-order valence-corrected chi connectivity index (χ1v) is 21.1. The van der Waals surface area contributed by atoms with Crippen molar-refractivity contribution in [1.29, 1.82) is 0 Å². The molecule has 0 unspecified atom stereocenters. The molecular weight excluding hydrogens is 612 g/mol. The number of carbonyl (C=O) groups is 3. The van der Waals surface area contributed by atoms with Crippen LogP contribution < -0.4 is 0 Å². The minimum Gasteiger partial charge on any atom is -0.462 e. The molecule has 0 aliphatic carbocycles. The summed E-state index contributed by atoms with van der Waals surface area (Å²) in [5.41, 5.74) is 0. The molecule has 0 aromatic heterocycles. The Labute approximate surface area is 304 Å². The number of ether oxygens (including phenoxy) is 3. The first kappa shape index (κ1) is 47.4. The zero-order valence-corrected chi connectivity index (χ0v) is 33.5. The summed E-state index contributed by atoms with van der Waals surface area (Å²) < 4.78 is 16.6. The van der Waals surface area contributed by atoms with Gasteiger partial charge in [-0.2, -0.15) is 0 Å². The molecule has 0 aliphatic heterocycles. The minimum atomic E-state index is -0.761. The Kier molecular flexibility index (Phi) is 33.7. The van der Waals surface area contributed by atoms with E-state index in [0.717, 1.165) is 75.5 Å². The zero-order valence-electron chi connectivity index (χ0n) is 33.5. The molecule has 0 amide bonds. The quantitative estimate of drug-likeness (QED) is 0.0369. The third kappa shape index (κ3) is 37.5. The first-order chi connectivity index (χ1) is 23.6. The SMILES string of the molecule is CC(C)CCCCCCCCCCCC(=O)OC[C@@H](COC(=O)CCCCCCCCC(C)C)OC(=O)CCCCCCCCCC(C)C. The van der Waals surface area contributed by atoms with Crippen molar-refractivity contribution in [2.45, 2.75) is 227 Å². The average molecular weight is 695 g/mol. The third-order valence-electron chi connectivity index (χ3n) is 9.40. The Balaban J connectivity index is 4.35. The van der Waals surface area contributed by atoms with Gasteiger partial charge in [0.25, 0.3) is 0 Å². The van der Waals surface area contributed by atoms with Crippen molar-refractivity contribution in [2.24, 2.45) is 17.8 Å². The van der Waals surface area contributed by atoms with Crippen LogP contribution in [-0.2, 0) is 28.6 Å². The van der Waals surface area contributed by atoms with Crippen LogP contribution in [0.5, 0.6) is 0 Å². The maximum atomic E-state index is 12.6. The summed E-state index contributed by atoms with van der Waals surface area (Å²) in [4.78, 5) is 37.5. The maximum absolute atomic E-state index is 12.6. The molecule has 1 atom stereocenters. The highest BCUT2D eigenvalue weighted by atomic mass is 16.6. The lowest BCUT2D eigenvalue weighted by atomic mass is 10.0. The van der Waals surface area contributed by atoms with Gasteiger partial charge in [0, 0.05) is 19.3 Å². The molecule has 0 aliphatic rings. The van der Waals surface area contributed by atoms with Gasteiger partial charge in [0.1, 0.15) is 13.2 Å². The minimum absolute atomic E-state index is 0.0680. The number of hydrogen-bond donors (Lipinski definition) is 0. The first-order valence-electron chi connectivity index (χ1n) is 21.1. The van der Waals surface area contributed by atoms with Crippen LogP contribution in [0.15, 0.2) is 0 Å². The van der Waals surface area contributed by atoms with Crippen molar-refractivity contribution in [3.63, 3.8) is 0 Å². The number of carbonyl (C=O) groups excluding carboxylic acids is 3. The van der Waals surface area contributed by atoms with Crippen molar-refractivity contribution in [3.8, 4) is 0 Å². The molecule has 49 heavy (non-hydrogen) atoms. The molecule has 0 heterocycles. The standard InChI is InChI=1S/C43H82O6/c1-37(2)29-23-17-11-8-7-9-13-20-26-32-41(44)47-35-40(36-48-42(45)33-27-21-16-15-19-25-31-39(5)6)49-43(46)34-28-22-14-10-12-18-24-30-38(3)4/h37-40H,7-36H2,1-6H3/t40-/m0/s1. The van der Waals surface area contributed by atoms with Gasteiger partial charge in [-0.05, 0) is 37.0 Å². The van der Waals surface area contributed by atoms with Gasteiger partial charge in [0.2, 0.25) is 0 Å². The fourth-order valence-electron chi connectivity index (χ4n) is 6.17. The van der Waals surface area contributed by atoms with Crippen LogP contribution in [0.2, 0.25) is 0 Å². The van der Waals surface area contributed by atoms with Crippen molar-refractivity contribution in [1.82, 2.24) is 0 Å². The lowest BCUT2D eigenvalue weighted by Gasteiger charge is -2.18. The van der Waals surface area contributed by atoms with Crippen LogP contribution in [0.1, 0.15) is 221 Å². The van der Waals surface area contributed by atoms with E-state index in [9.17, 15) is 14.4 Å². The van der Waals surface area contributed by atoms with E-state index in [0.29, 0.717) is 19.3 Å². The van der Waals surface area contributed by atoms with Crippen LogP contribution >= 0.6 is 0 Å². The third-order valence-corrected chi connectivity index (χ3v) is 9.40. The molecule has 0 fully saturated rings. The van der Waals surface area contributed by atoms with Gasteiger partial charge in [0.15, 0.2) is 6.10 Å². The largest absolute Gasteiger partial charge is 0.462 e. The summed E-state index contributed by atoms with van der Waals surface area (Å²) in [5.74, 6) is 1.48. The van der Waals surface area contributed by atoms with Crippen molar-refractivity contribution in [2.75, 3.05) is 13.2 Å².